The predicted octanol–water partition coefficient (Wildman–Crippen LogP) is 4.69. The maximum Gasteiger partial charge on any atom is 0.261 e. The Balaban J connectivity index is 1.47. The average Bonchev–Trinajstić information content (AvgIpc) is 3.46. The van der Waals surface area contributed by atoms with Crippen LogP contribution in [0.3, 0.4) is 0 Å². The van der Waals surface area contributed by atoms with Gasteiger partial charge in [-0.3, -0.25) is 4.79 Å². The van der Waals surface area contributed by atoms with Crippen LogP contribution in [-0.2, 0) is 0 Å². The Kier molecular flexibility index (Phi) is 5.91. The first-order valence-corrected chi connectivity index (χ1v) is 11.1. The van der Waals surface area contributed by atoms with E-state index in [1.807, 2.05) is 37.4 Å². The minimum Gasteiger partial charge on any atom is -0.356 e. The highest BCUT2D eigenvalue weighted by molar-refractivity contribution is 7.15. The third kappa shape index (κ3) is 4.42. The number of anilines is 1. The lowest BCUT2D eigenvalue weighted by atomic mass is 10.1. The fourth-order valence-electron chi connectivity index (χ4n) is 2.92. The zero-order valence-corrected chi connectivity index (χ0v) is 18.5. The Morgan fingerprint density at radius 1 is 1.17 bits per heavy atom. The molecular weight excluding hydrogens is 418 g/mol. The van der Waals surface area contributed by atoms with Crippen LogP contribution in [0.4, 0.5) is 5.95 Å². The van der Waals surface area contributed by atoms with Crippen molar-refractivity contribution in [2.24, 2.45) is 0 Å². The molecule has 4 aromatic heterocycles. The Bertz CT molecular complexity index is 1180. The van der Waals surface area contributed by atoms with Crippen molar-refractivity contribution in [2.75, 3.05) is 18.4 Å². The summed E-state index contributed by atoms with van der Waals surface area (Å²) in [6.45, 7) is 6.86. The molecule has 0 spiro atoms. The van der Waals surface area contributed by atoms with Crippen LogP contribution in [0.15, 0.2) is 40.4 Å². The van der Waals surface area contributed by atoms with Gasteiger partial charge in [-0.1, -0.05) is 5.16 Å². The molecule has 30 heavy (non-hydrogen) atoms. The molecule has 0 unspecified atom stereocenters. The molecule has 4 heterocycles. The van der Waals surface area contributed by atoms with Crippen molar-refractivity contribution in [1.29, 1.82) is 0 Å². The summed E-state index contributed by atoms with van der Waals surface area (Å²) in [5.74, 6) is 1.08. The van der Waals surface area contributed by atoms with Gasteiger partial charge in [0.25, 0.3) is 5.91 Å². The van der Waals surface area contributed by atoms with Crippen molar-refractivity contribution in [2.45, 2.75) is 20.8 Å². The van der Waals surface area contributed by atoms with Gasteiger partial charge in [-0.2, -0.15) is 0 Å². The molecule has 0 saturated carbocycles. The number of carbonyl (C=O) groups excluding carboxylic acids is 1. The van der Waals surface area contributed by atoms with E-state index in [4.69, 9.17) is 9.51 Å². The number of nitrogens with zero attached hydrogens (tertiary/aromatic N) is 3. The third-order valence-corrected chi connectivity index (χ3v) is 6.44. The van der Waals surface area contributed by atoms with Crippen LogP contribution >= 0.6 is 22.7 Å². The maximum absolute atomic E-state index is 12.2. The largest absolute Gasteiger partial charge is 0.356 e. The number of carbonyl (C=O) groups is 1. The number of amides is 1. The Labute approximate surface area is 182 Å². The lowest BCUT2D eigenvalue weighted by Gasteiger charge is -2.09. The standard InChI is InChI=1S/C21H21N5O2S2/c1-12-6-9-29-19(12)20(27)22-7-8-23-21-24-11-15(16-10-13(2)26-28-16)18(25-21)17-5-4-14(3)30-17/h4-6,9-11H,7-8H2,1-3H3,(H,22,27)(H,23,24,25). The molecule has 0 aliphatic rings. The molecule has 4 aromatic rings. The van der Waals surface area contributed by atoms with E-state index in [1.54, 1.807) is 17.5 Å². The summed E-state index contributed by atoms with van der Waals surface area (Å²) < 4.78 is 5.44. The predicted molar refractivity (Wildman–Crippen MR) is 120 cm³/mol. The summed E-state index contributed by atoms with van der Waals surface area (Å²) in [5.41, 5.74) is 3.38. The van der Waals surface area contributed by atoms with E-state index in [0.29, 0.717) is 24.8 Å². The molecule has 0 bridgehead atoms. The molecule has 154 valence electrons. The quantitative estimate of drug-likeness (QED) is 0.406. The van der Waals surface area contributed by atoms with Gasteiger partial charge in [0.1, 0.15) is 0 Å². The van der Waals surface area contributed by atoms with Gasteiger partial charge in [-0.15, -0.1) is 22.7 Å². The van der Waals surface area contributed by atoms with Crippen LogP contribution in [-0.4, -0.2) is 34.1 Å². The van der Waals surface area contributed by atoms with Gasteiger partial charge in [0.15, 0.2) is 5.76 Å². The third-order valence-electron chi connectivity index (χ3n) is 4.42. The molecule has 0 atom stereocenters. The molecule has 0 aliphatic heterocycles. The highest BCUT2D eigenvalue weighted by atomic mass is 32.1. The van der Waals surface area contributed by atoms with Crippen molar-refractivity contribution < 1.29 is 9.32 Å². The monoisotopic (exact) mass is 439 g/mol. The van der Waals surface area contributed by atoms with Crippen molar-refractivity contribution in [3.8, 4) is 21.9 Å². The molecule has 2 N–H and O–H groups in total. The minimum absolute atomic E-state index is 0.0593. The zero-order chi connectivity index (χ0) is 21.1. The molecule has 0 radical (unpaired) electrons. The molecule has 9 heteroatoms. The second kappa shape index (κ2) is 8.76. The first-order valence-electron chi connectivity index (χ1n) is 9.45. The highest BCUT2D eigenvalue weighted by Crippen LogP contribution is 2.35. The number of aryl methyl sites for hydroxylation is 3. The fraction of sp³-hybridized carbons (Fsp3) is 0.238. The van der Waals surface area contributed by atoms with Crippen molar-refractivity contribution in [1.82, 2.24) is 20.4 Å². The molecule has 1 amide bonds. The van der Waals surface area contributed by atoms with Gasteiger partial charge in [0.2, 0.25) is 5.95 Å². The van der Waals surface area contributed by atoms with E-state index in [1.165, 1.54) is 16.2 Å². The Morgan fingerprint density at radius 3 is 2.70 bits per heavy atom. The number of hydrogen-bond acceptors (Lipinski definition) is 8. The second-order valence-corrected chi connectivity index (χ2v) is 9.02. The highest BCUT2D eigenvalue weighted by Gasteiger charge is 2.17. The number of thiophene rings is 2. The summed E-state index contributed by atoms with van der Waals surface area (Å²) in [6, 6.07) is 7.92. The minimum atomic E-state index is -0.0593. The topological polar surface area (TPSA) is 92.9 Å². The van der Waals surface area contributed by atoms with Crippen LogP contribution in [0.2, 0.25) is 0 Å². The van der Waals surface area contributed by atoms with E-state index >= 15 is 0 Å². The molecule has 0 fully saturated rings. The fourth-order valence-corrected chi connectivity index (χ4v) is 4.64. The summed E-state index contributed by atoms with van der Waals surface area (Å²) in [5, 5.41) is 12.0. The first kappa shape index (κ1) is 20.2. The zero-order valence-electron chi connectivity index (χ0n) is 16.9. The number of nitrogens with one attached hydrogen (secondary N) is 2. The molecule has 0 aromatic carbocycles. The van der Waals surface area contributed by atoms with E-state index in [9.17, 15) is 4.79 Å². The van der Waals surface area contributed by atoms with Crippen LogP contribution in [0.5, 0.6) is 0 Å². The summed E-state index contributed by atoms with van der Waals surface area (Å²) in [6.07, 6.45) is 1.74. The number of aromatic nitrogens is 3. The van der Waals surface area contributed by atoms with Crippen LogP contribution < -0.4 is 10.6 Å². The Morgan fingerprint density at radius 2 is 2.03 bits per heavy atom. The van der Waals surface area contributed by atoms with Gasteiger partial charge < -0.3 is 15.2 Å². The van der Waals surface area contributed by atoms with E-state index in [-0.39, 0.29) is 5.91 Å². The van der Waals surface area contributed by atoms with Gasteiger partial charge in [0.05, 0.1) is 26.7 Å². The van der Waals surface area contributed by atoms with Gasteiger partial charge in [0, 0.05) is 30.2 Å². The summed E-state index contributed by atoms with van der Waals surface area (Å²) in [7, 11) is 0. The van der Waals surface area contributed by atoms with E-state index < -0.39 is 0 Å². The van der Waals surface area contributed by atoms with Crippen molar-refractivity contribution in [3.63, 3.8) is 0 Å². The molecular formula is C21H21N5O2S2. The number of hydrogen-bond donors (Lipinski definition) is 2. The maximum atomic E-state index is 12.2. The lowest BCUT2D eigenvalue weighted by molar-refractivity contribution is 0.0958. The normalized spacial score (nSPS) is 10.9. The average molecular weight is 440 g/mol. The number of rotatable bonds is 7. The molecule has 0 aliphatic carbocycles. The van der Waals surface area contributed by atoms with Crippen LogP contribution in [0.25, 0.3) is 21.9 Å². The van der Waals surface area contributed by atoms with Crippen LogP contribution in [0, 0.1) is 20.8 Å². The van der Waals surface area contributed by atoms with Gasteiger partial charge in [-0.25, -0.2) is 9.97 Å². The second-order valence-electron chi connectivity index (χ2n) is 6.81. The van der Waals surface area contributed by atoms with E-state index in [2.05, 4.69) is 33.8 Å². The SMILES string of the molecule is Cc1cc(-c2cnc(NCCNC(=O)c3sccc3C)nc2-c2ccc(C)s2)on1. The van der Waals surface area contributed by atoms with Crippen molar-refractivity contribution >= 4 is 34.5 Å². The summed E-state index contributed by atoms with van der Waals surface area (Å²) in [4.78, 5) is 24.3. The first-order chi connectivity index (χ1) is 14.5. The molecule has 4 rings (SSSR count). The molecule has 7 nitrogen and oxygen atoms in total. The summed E-state index contributed by atoms with van der Waals surface area (Å²) >= 11 is 3.11. The van der Waals surface area contributed by atoms with Gasteiger partial charge in [-0.05, 0) is 49.9 Å². The molecule has 0 saturated heterocycles. The Hall–Kier alpha value is -3.04. The van der Waals surface area contributed by atoms with Gasteiger partial charge >= 0.3 is 0 Å². The smallest absolute Gasteiger partial charge is 0.261 e. The van der Waals surface area contributed by atoms with Crippen LogP contribution in [0.1, 0.15) is 25.8 Å². The van der Waals surface area contributed by atoms with Crippen molar-refractivity contribution in [3.05, 3.63) is 56.9 Å². The lowest BCUT2D eigenvalue weighted by Crippen LogP contribution is -2.28. The van der Waals surface area contributed by atoms with E-state index in [0.717, 1.165) is 32.3 Å².